The van der Waals surface area contributed by atoms with Gasteiger partial charge in [-0.1, -0.05) is 72.3 Å². The number of rotatable bonds is 6. The van der Waals surface area contributed by atoms with Crippen molar-refractivity contribution in [2.75, 3.05) is 4.90 Å². The van der Waals surface area contributed by atoms with Gasteiger partial charge in [-0.05, 0) is 62.8 Å². The highest BCUT2D eigenvalue weighted by Crippen LogP contribution is 2.53. The van der Waals surface area contributed by atoms with Crippen molar-refractivity contribution in [2.24, 2.45) is 23.7 Å². The lowest BCUT2D eigenvalue weighted by atomic mass is 9.85. The number of fused-ring (bicyclic) bond motifs is 6. The molecule has 0 N–H and O–H groups in total. The van der Waals surface area contributed by atoms with Crippen LogP contribution in [0.25, 0.3) is 22.2 Å². The molecule has 2 bridgehead atoms. The number of aryl methyl sites for hydroxylation is 2. The molecule has 2 amide bonds. The van der Waals surface area contributed by atoms with Crippen LogP contribution in [-0.2, 0) is 14.3 Å². The summed E-state index contributed by atoms with van der Waals surface area (Å²) in [7, 11) is 0. The van der Waals surface area contributed by atoms with Crippen molar-refractivity contribution in [3.8, 4) is 11.3 Å². The fourth-order valence-electron chi connectivity index (χ4n) is 6.88. The Morgan fingerprint density at radius 2 is 1.53 bits per heavy atom. The Kier molecular flexibility index (Phi) is 6.34. The molecular weight excluding hydrogens is 540 g/mol. The minimum Gasteiger partial charge on any atom is -0.451 e. The number of imide groups is 1. The smallest absolute Gasteiger partial charge is 0.339 e. The van der Waals surface area contributed by atoms with Crippen molar-refractivity contribution in [2.45, 2.75) is 33.3 Å². The van der Waals surface area contributed by atoms with Crippen LogP contribution < -0.4 is 4.90 Å². The molecular formula is C36H30N2O5. The highest BCUT2D eigenvalue weighted by Gasteiger charge is 2.59. The number of allylic oxidation sites excluding steroid dienone is 2. The molecule has 214 valence electrons. The lowest BCUT2D eigenvalue weighted by Crippen LogP contribution is -2.32. The molecule has 3 aromatic carbocycles. The summed E-state index contributed by atoms with van der Waals surface area (Å²) in [5.41, 5.74) is 5.13. The Hall–Kier alpha value is -4.91. The van der Waals surface area contributed by atoms with Crippen LogP contribution in [0.1, 0.15) is 45.2 Å². The van der Waals surface area contributed by atoms with E-state index in [1.165, 1.54) is 4.90 Å². The van der Waals surface area contributed by atoms with Gasteiger partial charge in [0.05, 0.1) is 34.3 Å². The second kappa shape index (κ2) is 10.1. The SMILES string of the molecule is Cc1ccc(C(=O)[C@@H](C)OC(=O)c2cc(-c3ccc(N4C(=O)[C@@H]5[C@@H](C4=O)[C@H]4C=C[C@H]5C4)cc3)nc3c(C)cccc23)cc1. The molecule has 4 aromatic rings. The van der Waals surface area contributed by atoms with Crippen LogP contribution in [0.5, 0.6) is 0 Å². The zero-order chi connectivity index (χ0) is 30.0. The monoisotopic (exact) mass is 570 g/mol. The van der Waals surface area contributed by atoms with Gasteiger partial charge in [0.1, 0.15) is 0 Å². The first-order chi connectivity index (χ1) is 20.7. The summed E-state index contributed by atoms with van der Waals surface area (Å²) in [6.07, 6.45) is 4.07. The number of ether oxygens (including phenoxy) is 1. The number of amides is 2. The van der Waals surface area contributed by atoms with Gasteiger partial charge in [0.15, 0.2) is 6.10 Å². The lowest BCUT2D eigenvalue weighted by Gasteiger charge is -2.18. The third-order valence-corrected chi connectivity index (χ3v) is 9.14. The molecule has 5 atom stereocenters. The van der Waals surface area contributed by atoms with Gasteiger partial charge in [0.25, 0.3) is 0 Å². The fourth-order valence-corrected chi connectivity index (χ4v) is 6.88. The zero-order valence-electron chi connectivity index (χ0n) is 24.1. The number of benzene rings is 3. The second-order valence-corrected chi connectivity index (χ2v) is 11.9. The largest absolute Gasteiger partial charge is 0.451 e. The number of Topliss-reactive ketones (excluding diaryl/α,β-unsaturated/α-hetero) is 1. The number of hydrogen-bond donors (Lipinski definition) is 0. The first kappa shape index (κ1) is 27.0. The van der Waals surface area contributed by atoms with Crippen LogP contribution in [0.15, 0.2) is 84.9 Å². The van der Waals surface area contributed by atoms with Crippen LogP contribution in [0.2, 0.25) is 0 Å². The van der Waals surface area contributed by atoms with E-state index in [9.17, 15) is 19.2 Å². The number of hydrogen-bond acceptors (Lipinski definition) is 6. The summed E-state index contributed by atoms with van der Waals surface area (Å²) in [6.45, 7) is 5.44. The summed E-state index contributed by atoms with van der Waals surface area (Å²) in [6, 6.07) is 21.5. The van der Waals surface area contributed by atoms with E-state index in [0.29, 0.717) is 39.0 Å². The normalized spacial score (nSPS) is 22.7. The third-order valence-electron chi connectivity index (χ3n) is 9.14. The zero-order valence-corrected chi connectivity index (χ0v) is 24.1. The molecule has 1 aromatic heterocycles. The van der Waals surface area contributed by atoms with Gasteiger partial charge in [-0.3, -0.25) is 19.3 Å². The van der Waals surface area contributed by atoms with Crippen LogP contribution in [0.3, 0.4) is 0 Å². The number of ketones is 1. The van der Waals surface area contributed by atoms with E-state index in [0.717, 1.165) is 17.5 Å². The molecule has 2 aliphatic carbocycles. The number of esters is 1. The van der Waals surface area contributed by atoms with Gasteiger partial charge >= 0.3 is 5.97 Å². The Bertz CT molecular complexity index is 1830. The Morgan fingerprint density at radius 3 is 2.19 bits per heavy atom. The van der Waals surface area contributed by atoms with Crippen molar-refractivity contribution >= 4 is 40.2 Å². The number of anilines is 1. The van der Waals surface area contributed by atoms with E-state index in [1.54, 1.807) is 37.3 Å². The molecule has 2 fully saturated rings. The molecule has 0 unspecified atom stereocenters. The summed E-state index contributed by atoms with van der Waals surface area (Å²) >= 11 is 0. The molecule has 7 heteroatoms. The highest BCUT2D eigenvalue weighted by atomic mass is 16.5. The fraction of sp³-hybridized carbons (Fsp3) is 0.250. The van der Waals surface area contributed by atoms with Gasteiger partial charge in [0, 0.05) is 16.5 Å². The van der Waals surface area contributed by atoms with Gasteiger partial charge in [-0.15, -0.1) is 0 Å². The second-order valence-electron chi connectivity index (χ2n) is 11.9. The highest BCUT2D eigenvalue weighted by molar-refractivity contribution is 6.23. The predicted octanol–water partition coefficient (Wildman–Crippen LogP) is 6.26. The van der Waals surface area contributed by atoms with Crippen molar-refractivity contribution in [1.82, 2.24) is 4.98 Å². The Balaban J connectivity index is 1.18. The summed E-state index contributed by atoms with van der Waals surface area (Å²) in [5.74, 6) is -1.38. The molecule has 7 rings (SSSR count). The maximum absolute atomic E-state index is 13.5. The van der Waals surface area contributed by atoms with Crippen molar-refractivity contribution in [3.63, 3.8) is 0 Å². The van der Waals surface area contributed by atoms with Gasteiger partial charge in [-0.2, -0.15) is 0 Å². The molecule has 0 spiro atoms. The average Bonchev–Trinajstić information content (AvgIpc) is 3.70. The molecule has 3 aliphatic rings. The molecule has 2 heterocycles. The first-order valence-corrected chi connectivity index (χ1v) is 14.6. The topological polar surface area (TPSA) is 93.6 Å². The Labute approximate surface area is 249 Å². The minimum atomic E-state index is -0.980. The standard InChI is InChI=1S/C36H30N2O5/c1-19-7-9-23(10-8-19)33(39)21(3)43-36(42)28-18-29(37-32-20(2)5-4-6-27(28)32)22-13-15-26(16-14-22)38-34(40)30-24-11-12-25(17-24)31(30)35(38)41/h4-16,18,21,24-25,30-31H,17H2,1-3H3/t21-,24+,25+,30+,31+/m1/s1. The summed E-state index contributed by atoms with van der Waals surface area (Å²) in [5, 5.41) is 0.628. The number of nitrogens with zero attached hydrogens (tertiary/aromatic N) is 2. The van der Waals surface area contributed by atoms with Crippen LogP contribution in [-0.4, -0.2) is 34.7 Å². The number of carbonyl (C=O) groups is 4. The first-order valence-electron chi connectivity index (χ1n) is 14.6. The molecule has 1 aliphatic heterocycles. The van der Waals surface area contributed by atoms with E-state index < -0.39 is 12.1 Å². The van der Waals surface area contributed by atoms with Crippen LogP contribution >= 0.6 is 0 Å². The van der Waals surface area contributed by atoms with Crippen LogP contribution in [0.4, 0.5) is 5.69 Å². The molecule has 1 saturated heterocycles. The Morgan fingerprint density at radius 1 is 0.884 bits per heavy atom. The van der Waals surface area contributed by atoms with Gasteiger partial charge in [-0.25, -0.2) is 9.78 Å². The average molecular weight is 571 g/mol. The van der Waals surface area contributed by atoms with Crippen molar-refractivity contribution in [3.05, 3.63) is 107 Å². The van der Waals surface area contributed by atoms with E-state index in [2.05, 4.69) is 12.2 Å². The molecule has 1 saturated carbocycles. The minimum absolute atomic E-state index is 0.126. The van der Waals surface area contributed by atoms with E-state index in [1.807, 2.05) is 56.3 Å². The summed E-state index contributed by atoms with van der Waals surface area (Å²) in [4.78, 5) is 59.2. The van der Waals surface area contributed by atoms with Crippen LogP contribution in [0, 0.1) is 37.5 Å². The number of carbonyl (C=O) groups excluding carboxylic acids is 4. The maximum atomic E-state index is 13.5. The molecule has 0 radical (unpaired) electrons. The van der Waals surface area contributed by atoms with Crippen molar-refractivity contribution in [1.29, 1.82) is 0 Å². The van der Waals surface area contributed by atoms with E-state index >= 15 is 0 Å². The number of para-hydroxylation sites is 1. The lowest BCUT2D eigenvalue weighted by molar-refractivity contribution is -0.123. The van der Waals surface area contributed by atoms with Crippen molar-refractivity contribution < 1.29 is 23.9 Å². The summed E-state index contributed by atoms with van der Waals surface area (Å²) < 4.78 is 5.69. The third kappa shape index (κ3) is 4.38. The van der Waals surface area contributed by atoms with E-state index in [-0.39, 0.29) is 41.3 Å². The number of aromatic nitrogens is 1. The quantitative estimate of drug-likeness (QED) is 0.118. The van der Waals surface area contributed by atoms with E-state index in [4.69, 9.17) is 9.72 Å². The van der Waals surface area contributed by atoms with Gasteiger partial charge < -0.3 is 4.74 Å². The molecule has 7 nitrogen and oxygen atoms in total. The predicted molar refractivity (Wildman–Crippen MR) is 163 cm³/mol. The number of pyridine rings is 1. The van der Waals surface area contributed by atoms with Gasteiger partial charge in [0.2, 0.25) is 17.6 Å². The maximum Gasteiger partial charge on any atom is 0.339 e. The molecule has 43 heavy (non-hydrogen) atoms.